The van der Waals surface area contributed by atoms with Gasteiger partial charge in [-0.2, -0.15) is 0 Å². The first-order valence-electron chi connectivity index (χ1n) is 10.6. The van der Waals surface area contributed by atoms with Gasteiger partial charge in [0, 0.05) is 20.3 Å². The van der Waals surface area contributed by atoms with Crippen LogP contribution in [0.4, 0.5) is 0 Å². The van der Waals surface area contributed by atoms with Crippen LogP contribution in [0.15, 0.2) is 48.5 Å². The summed E-state index contributed by atoms with van der Waals surface area (Å²) in [6.07, 6.45) is 0. The number of methoxy groups -OCH3 is 3. The van der Waals surface area contributed by atoms with Crippen molar-refractivity contribution in [2.45, 2.75) is 39.5 Å². The zero-order chi connectivity index (χ0) is 22.7. The molecule has 3 nitrogen and oxygen atoms in total. The molecular weight excluding hydrogens is 499 g/mol. The summed E-state index contributed by atoms with van der Waals surface area (Å²) in [5.41, 5.74) is 7.01. The number of rotatable bonds is 7. The molecule has 0 spiro atoms. The van der Waals surface area contributed by atoms with E-state index in [4.69, 9.17) is 14.2 Å². The summed E-state index contributed by atoms with van der Waals surface area (Å²) in [5.74, 6) is 3.20. The number of halogens is 1. The van der Waals surface area contributed by atoms with E-state index >= 15 is 0 Å². The lowest BCUT2D eigenvalue weighted by molar-refractivity contribution is 0.408. The van der Waals surface area contributed by atoms with E-state index in [2.05, 4.69) is 74.6 Å². The molecule has 0 heterocycles. The van der Waals surface area contributed by atoms with Gasteiger partial charge < -0.3 is 14.2 Å². The van der Waals surface area contributed by atoms with Gasteiger partial charge in [0.05, 0.1) is 21.3 Å². The van der Waals surface area contributed by atoms with Crippen LogP contribution in [0.25, 0.3) is 22.3 Å². The summed E-state index contributed by atoms with van der Waals surface area (Å²) in [6.45, 7) is 8.94. The minimum atomic E-state index is 0.258. The average molecular weight is 530 g/mol. The second kappa shape index (κ2) is 9.94. The molecule has 0 amide bonds. The molecule has 0 bridgehead atoms. The molecule has 0 aromatic heterocycles. The minimum absolute atomic E-state index is 0.258. The van der Waals surface area contributed by atoms with Gasteiger partial charge in [-0.3, -0.25) is 0 Å². The van der Waals surface area contributed by atoms with E-state index < -0.39 is 0 Å². The molecule has 3 aromatic rings. The molecule has 0 radical (unpaired) electrons. The maximum Gasteiger partial charge on any atom is 0.130 e. The zero-order valence-electron chi connectivity index (χ0n) is 19.4. The summed E-state index contributed by atoms with van der Waals surface area (Å²) >= 11 is 2.41. The summed E-state index contributed by atoms with van der Waals surface area (Å²) in [4.78, 5) is 0. The molecule has 0 unspecified atom stereocenters. The van der Waals surface area contributed by atoms with Gasteiger partial charge in [0.2, 0.25) is 0 Å². The maximum absolute atomic E-state index is 6.09. The molecule has 0 fully saturated rings. The summed E-state index contributed by atoms with van der Waals surface area (Å²) in [6, 6.07) is 16.7. The lowest BCUT2D eigenvalue weighted by Gasteiger charge is -2.27. The Morgan fingerprint density at radius 1 is 0.742 bits per heavy atom. The number of ether oxygens (including phenoxy) is 3. The molecule has 164 valence electrons. The first-order chi connectivity index (χ1) is 14.8. The van der Waals surface area contributed by atoms with Gasteiger partial charge in [0.1, 0.15) is 17.2 Å². The predicted octanol–water partition coefficient (Wildman–Crippen LogP) is 7.90. The Hall–Kier alpha value is -2.21. The van der Waals surface area contributed by atoms with Gasteiger partial charge in [0.15, 0.2) is 0 Å². The van der Waals surface area contributed by atoms with Crippen LogP contribution >= 0.6 is 22.6 Å². The van der Waals surface area contributed by atoms with E-state index in [1.54, 1.807) is 21.3 Å². The fourth-order valence-electron chi connectivity index (χ4n) is 4.13. The molecule has 4 heteroatoms. The van der Waals surface area contributed by atoms with Crippen molar-refractivity contribution < 1.29 is 14.2 Å². The highest BCUT2D eigenvalue weighted by molar-refractivity contribution is 14.1. The van der Waals surface area contributed by atoms with Crippen LogP contribution in [0.5, 0.6) is 17.2 Å². The molecule has 0 N–H and O–H groups in total. The van der Waals surface area contributed by atoms with Crippen LogP contribution in [0.1, 0.15) is 50.7 Å². The molecule has 0 saturated carbocycles. The van der Waals surface area contributed by atoms with Crippen LogP contribution in [-0.2, 0) is 0 Å². The molecule has 31 heavy (non-hydrogen) atoms. The normalized spacial score (nSPS) is 11.2. The van der Waals surface area contributed by atoms with E-state index in [1.165, 1.54) is 16.7 Å². The monoisotopic (exact) mass is 530 g/mol. The zero-order valence-corrected chi connectivity index (χ0v) is 21.5. The van der Waals surface area contributed by atoms with Crippen molar-refractivity contribution >= 4 is 22.6 Å². The smallest absolute Gasteiger partial charge is 0.130 e. The van der Waals surface area contributed by atoms with E-state index in [0.29, 0.717) is 5.92 Å². The van der Waals surface area contributed by atoms with Crippen LogP contribution < -0.4 is 14.2 Å². The standard InChI is InChI=1S/C27H31IO3/c1-16(2)20-15-21(18-10-8-11-19(14-18)29-5)27(31-7)24(17(3)4)25(20)26-22(28)12-9-13-23(26)30-6/h8-17H,1-7H3. The first-order valence-corrected chi connectivity index (χ1v) is 11.6. The second-order valence-corrected chi connectivity index (χ2v) is 9.36. The Balaban J connectivity index is 2.48. The molecule has 0 aliphatic carbocycles. The lowest BCUT2D eigenvalue weighted by atomic mass is 9.81. The SMILES string of the molecule is COc1cccc(-c2cc(C(C)C)c(-c3c(I)cccc3OC)c(C(C)C)c2OC)c1. The third-order valence-electron chi connectivity index (χ3n) is 5.58. The Morgan fingerprint density at radius 2 is 1.45 bits per heavy atom. The molecule has 0 aliphatic rings. The first kappa shape index (κ1) is 23.5. The average Bonchev–Trinajstić information content (AvgIpc) is 2.77. The molecule has 3 rings (SSSR count). The lowest BCUT2D eigenvalue weighted by Crippen LogP contribution is -2.07. The van der Waals surface area contributed by atoms with Crippen molar-refractivity contribution in [3.63, 3.8) is 0 Å². The van der Waals surface area contributed by atoms with Gasteiger partial charge in [-0.15, -0.1) is 0 Å². The molecule has 0 saturated heterocycles. The highest BCUT2D eigenvalue weighted by Gasteiger charge is 2.27. The molecular formula is C27H31IO3. The quantitative estimate of drug-likeness (QED) is 0.291. The number of hydrogen-bond acceptors (Lipinski definition) is 3. The van der Waals surface area contributed by atoms with Gasteiger partial charge in [-0.05, 0) is 81.4 Å². The highest BCUT2D eigenvalue weighted by atomic mass is 127. The fraction of sp³-hybridized carbons (Fsp3) is 0.333. The highest BCUT2D eigenvalue weighted by Crippen LogP contribution is 2.50. The fourth-order valence-corrected chi connectivity index (χ4v) is 4.88. The van der Waals surface area contributed by atoms with Crippen LogP contribution in [0.2, 0.25) is 0 Å². The number of hydrogen-bond donors (Lipinski definition) is 0. The van der Waals surface area contributed by atoms with E-state index in [9.17, 15) is 0 Å². The van der Waals surface area contributed by atoms with Gasteiger partial charge in [-0.1, -0.05) is 45.9 Å². The Bertz CT molecular complexity index is 1070. The summed E-state index contributed by atoms with van der Waals surface area (Å²) < 4.78 is 18.5. The van der Waals surface area contributed by atoms with E-state index in [0.717, 1.165) is 37.5 Å². The van der Waals surface area contributed by atoms with Gasteiger partial charge in [-0.25, -0.2) is 0 Å². The molecule has 0 atom stereocenters. The van der Waals surface area contributed by atoms with Crippen molar-refractivity contribution in [3.8, 4) is 39.5 Å². The largest absolute Gasteiger partial charge is 0.497 e. The van der Waals surface area contributed by atoms with Crippen molar-refractivity contribution in [3.05, 3.63) is 63.2 Å². The van der Waals surface area contributed by atoms with Crippen molar-refractivity contribution in [2.75, 3.05) is 21.3 Å². The number of benzene rings is 3. The topological polar surface area (TPSA) is 27.7 Å². The van der Waals surface area contributed by atoms with Crippen LogP contribution in [0, 0.1) is 3.57 Å². The summed E-state index contributed by atoms with van der Waals surface area (Å²) in [5, 5.41) is 0. The van der Waals surface area contributed by atoms with Gasteiger partial charge in [0.25, 0.3) is 0 Å². The van der Waals surface area contributed by atoms with Crippen molar-refractivity contribution in [1.82, 2.24) is 0 Å². The maximum atomic E-state index is 6.09. The van der Waals surface area contributed by atoms with Crippen LogP contribution in [-0.4, -0.2) is 21.3 Å². The predicted molar refractivity (Wildman–Crippen MR) is 138 cm³/mol. The molecule has 3 aromatic carbocycles. The van der Waals surface area contributed by atoms with Crippen molar-refractivity contribution in [1.29, 1.82) is 0 Å². The Kier molecular flexibility index (Phi) is 7.52. The minimum Gasteiger partial charge on any atom is -0.497 e. The van der Waals surface area contributed by atoms with Crippen molar-refractivity contribution in [2.24, 2.45) is 0 Å². The Morgan fingerprint density at radius 3 is 2.03 bits per heavy atom. The third-order valence-corrected chi connectivity index (χ3v) is 6.48. The van der Waals surface area contributed by atoms with E-state index in [-0.39, 0.29) is 5.92 Å². The van der Waals surface area contributed by atoms with Crippen LogP contribution in [0.3, 0.4) is 0 Å². The third kappa shape index (κ3) is 4.54. The van der Waals surface area contributed by atoms with E-state index in [1.807, 2.05) is 24.3 Å². The second-order valence-electron chi connectivity index (χ2n) is 8.19. The summed E-state index contributed by atoms with van der Waals surface area (Å²) in [7, 11) is 5.19. The molecule has 0 aliphatic heterocycles. The Labute approximate surface area is 199 Å². The van der Waals surface area contributed by atoms with Gasteiger partial charge >= 0.3 is 0 Å².